The maximum absolute atomic E-state index is 14.4. The van der Waals surface area contributed by atoms with Gasteiger partial charge in [-0.3, -0.25) is 28.8 Å². The Morgan fingerprint density at radius 2 is 0.630 bits per heavy atom. The second kappa shape index (κ2) is 38.1. The van der Waals surface area contributed by atoms with Crippen molar-refractivity contribution in [1.29, 1.82) is 0 Å². The second-order valence-electron chi connectivity index (χ2n) is 33.5. The summed E-state index contributed by atoms with van der Waals surface area (Å²) in [4.78, 5) is 86.5. The van der Waals surface area contributed by atoms with E-state index in [9.17, 15) is 41.9 Å². The Morgan fingerprint density at radius 1 is 0.339 bits per heavy atom. The van der Waals surface area contributed by atoms with Crippen LogP contribution in [0.25, 0.3) is 49.8 Å². The lowest BCUT2D eigenvalue weighted by Gasteiger charge is -2.30. The normalized spacial score (nSPS) is 19.5. The van der Waals surface area contributed by atoms with Gasteiger partial charge in [-0.1, -0.05) is 205 Å². The van der Waals surface area contributed by atoms with E-state index in [2.05, 4.69) is 108 Å². The molecule has 6 amide bonds. The summed E-state index contributed by atoms with van der Waals surface area (Å²) >= 11 is 2.39. The minimum atomic E-state index is -0.379. The van der Waals surface area contributed by atoms with Crippen molar-refractivity contribution in [3.8, 4) is 17.1 Å². The molecule has 3 aliphatic heterocycles. The van der Waals surface area contributed by atoms with Crippen molar-refractivity contribution in [3.05, 3.63) is 379 Å². The number of amides is 6. The summed E-state index contributed by atoms with van der Waals surface area (Å²) in [6.45, 7) is 0. The zero-order chi connectivity index (χ0) is 87.0. The van der Waals surface area contributed by atoms with Crippen LogP contribution < -0.4 is 30.7 Å². The van der Waals surface area contributed by atoms with Gasteiger partial charge in [-0.05, 0) is 231 Å². The highest BCUT2D eigenvalue weighted by Crippen LogP contribution is 2.47. The monoisotopic (exact) mass is 1800 g/mol. The molecule has 6 heterocycles. The summed E-state index contributed by atoms with van der Waals surface area (Å²) < 4.78 is 46.9. The first-order chi connectivity index (χ1) is 62.1. The number of carbonyl (C=O) groups is 6. The lowest BCUT2D eigenvalue weighted by Crippen LogP contribution is -2.43. The highest BCUT2D eigenvalue weighted by atomic mass is 127. The number of nitrogens with zero attached hydrogens (tertiary/aromatic N) is 9. The summed E-state index contributed by atoms with van der Waals surface area (Å²) in [6, 6.07) is 94.8. The number of nitrogens with one attached hydrogen (secondary N) is 3. The zero-order valence-corrected chi connectivity index (χ0v) is 71.9. The van der Waals surface area contributed by atoms with Crippen molar-refractivity contribution >= 4 is 108 Å². The molecule has 0 spiro atoms. The third-order valence-electron chi connectivity index (χ3n) is 24.9. The molecular formula is C105H94F3IN12O6. The van der Waals surface area contributed by atoms with Crippen LogP contribution in [0.3, 0.4) is 0 Å². The highest BCUT2D eigenvalue weighted by molar-refractivity contribution is 14.1. The largest absolute Gasteiger partial charge is 0.350 e. The van der Waals surface area contributed by atoms with Gasteiger partial charge < -0.3 is 30.7 Å². The van der Waals surface area contributed by atoms with Gasteiger partial charge in [0.15, 0.2) is 0 Å². The number of hydrogen-bond donors (Lipinski definition) is 3. The van der Waals surface area contributed by atoms with E-state index in [1.165, 1.54) is 63.9 Å². The van der Waals surface area contributed by atoms with E-state index in [4.69, 9.17) is 0 Å². The fraction of sp³-hybridized carbons (Fsp3) is 0.229. The average Bonchev–Trinajstić information content (AvgIpc) is 1.60. The maximum atomic E-state index is 14.4. The first-order valence-corrected chi connectivity index (χ1v) is 45.1. The van der Waals surface area contributed by atoms with Crippen molar-refractivity contribution < 1.29 is 41.9 Å². The molecule has 8 atom stereocenters. The number of aryl methyl sites for hydroxylation is 3. The van der Waals surface area contributed by atoms with Crippen LogP contribution in [0, 0.1) is 47.0 Å². The van der Waals surface area contributed by atoms with Gasteiger partial charge in [-0.2, -0.15) is 15.3 Å². The lowest BCUT2D eigenvalue weighted by atomic mass is 9.89. The van der Waals surface area contributed by atoms with Crippen LogP contribution in [-0.2, 0) is 48.0 Å². The number of anilines is 3. The van der Waals surface area contributed by atoms with Gasteiger partial charge in [0.25, 0.3) is 0 Å². The number of aromatic nitrogens is 6. The minimum Gasteiger partial charge on any atom is -0.350 e. The quantitative estimate of drug-likeness (QED) is 0.0411. The van der Waals surface area contributed by atoms with Crippen molar-refractivity contribution in [2.75, 3.05) is 19.1 Å². The fourth-order valence-electron chi connectivity index (χ4n) is 17.9. The molecule has 3 saturated heterocycles. The molecule has 127 heavy (non-hydrogen) atoms. The van der Waals surface area contributed by atoms with Gasteiger partial charge in [0.05, 0.1) is 100 Å². The molecule has 638 valence electrons. The highest BCUT2D eigenvalue weighted by Gasteiger charge is 2.53. The third-order valence-corrected chi connectivity index (χ3v) is 25.4. The van der Waals surface area contributed by atoms with E-state index in [-0.39, 0.29) is 125 Å². The molecule has 12 aromatic carbocycles. The number of halogens is 4. The van der Waals surface area contributed by atoms with Gasteiger partial charge in [0.2, 0.25) is 35.4 Å². The summed E-state index contributed by atoms with van der Waals surface area (Å²) in [5, 5.41) is 26.0. The van der Waals surface area contributed by atoms with Crippen molar-refractivity contribution in [3.63, 3.8) is 0 Å². The first-order valence-electron chi connectivity index (χ1n) is 43.6. The SMILES string of the molecule is ICCc1ccccc1.O=C(N[C@H]1C(CCc2ccccc2)C(=O)N(c2ccc3c(cnn3-c3ccc(F)cc3)c2)[C@@H]1c1ccccc1)C1CC1.O=C(N[C@H]1C(CCc2ccccc2)C(=O)N(c2ccc3c(cnn3-c3ccc(F)cc3)c2)[C@@H]1c1ccccc1)C1CC1.O=C(N[C@H]1CC(=O)N(c2ccc3c(cnn3-c3ccc(F)cc3)c2)[C@@H]1c1ccccc1)C1CC1. The average molecular weight is 1800 g/mol. The van der Waals surface area contributed by atoms with Gasteiger partial charge >= 0.3 is 0 Å². The van der Waals surface area contributed by atoms with E-state index in [1.54, 1.807) is 73.9 Å². The molecular weight excluding hydrogens is 1710 g/mol. The molecule has 22 heteroatoms. The number of alkyl halides is 1. The van der Waals surface area contributed by atoms with Crippen LogP contribution in [0.2, 0.25) is 0 Å². The molecule has 3 aromatic heterocycles. The third kappa shape index (κ3) is 19.0. The van der Waals surface area contributed by atoms with Crippen LogP contribution in [0.1, 0.15) is 109 Å². The number of benzene rings is 12. The van der Waals surface area contributed by atoms with E-state index < -0.39 is 0 Å². The van der Waals surface area contributed by atoms with Crippen LogP contribution in [0.15, 0.2) is 328 Å². The van der Waals surface area contributed by atoms with E-state index in [0.29, 0.717) is 12.8 Å². The molecule has 6 fully saturated rings. The molecule has 6 aliphatic rings. The van der Waals surface area contributed by atoms with Crippen LogP contribution in [-0.4, -0.2) is 87.3 Å². The minimum absolute atomic E-state index is 0.00570. The summed E-state index contributed by atoms with van der Waals surface area (Å²) in [5.74, 6) is -1.42. The Hall–Kier alpha value is -13.6. The first kappa shape index (κ1) is 84.2. The Balaban J connectivity index is 0.000000123. The van der Waals surface area contributed by atoms with Gasteiger partial charge in [-0.25, -0.2) is 27.2 Å². The molecule has 3 N–H and O–H groups in total. The molecule has 0 radical (unpaired) electrons. The molecule has 21 rings (SSSR count). The van der Waals surface area contributed by atoms with E-state index in [0.717, 1.165) is 135 Å². The predicted octanol–water partition coefficient (Wildman–Crippen LogP) is 20.0. The molecule has 2 unspecified atom stereocenters. The fourth-order valence-corrected chi connectivity index (χ4v) is 18.5. The summed E-state index contributed by atoms with van der Waals surface area (Å²) in [6.07, 6.45) is 14.9. The van der Waals surface area contributed by atoms with Gasteiger partial charge in [0.1, 0.15) is 17.5 Å². The van der Waals surface area contributed by atoms with Crippen molar-refractivity contribution in [2.45, 2.75) is 113 Å². The lowest BCUT2D eigenvalue weighted by molar-refractivity contribution is -0.125. The van der Waals surface area contributed by atoms with Gasteiger partial charge in [0, 0.05) is 61.8 Å². The predicted molar refractivity (Wildman–Crippen MR) is 497 cm³/mol. The Bertz CT molecular complexity index is 6140. The molecule has 18 nitrogen and oxygen atoms in total. The smallest absolute Gasteiger partial charge is 0.232 e. The van der Waals surface area contributed by atoms with Crippen LogP contribution in [0.5, 0.6) is 0 Å². The Labute approximate surface area is 748 Å². The second-order valence-corrected chi connectivity index (χ2v) is 34.6. The maximum Gasteiger partial charge on any atom is 0.232 e. The topological polar surface area (TPSA) is 202 Å². The van der Waals surface area contributed by atoms with Crippen molar-refractivity contribution in [2.24, 2.45) is 29.6 Å². The standard InChI is InChI=1S/2C35H31FN4O2.C27H23FN4O2.C8H9I/c2*36-27-14-16-28(17-15-27)40-31-20-18-29(21-26(31)22-37-40)39-33(24-9-5-2-6-10-24)32(38-34(41)25-12-13-25)30(35(39)42)19-11-23-7-3-1-4-8-23;28-20-8-10-21(11-9-20)32-24-13-12-22(14-19(24)16-29-32)31-25(33)15-23(30-27(34)18-6-7-18)26(31)17-4-2-1-3-5-17;9-7-6-8-4-2-1-3-5-8/h2*1-10,14-18,20-22,25,30,32-33H,11-13,19H2,(H,38,41);1-5,8-14,16,18,23,26H,6-7,15H2,(H,30,34);1-5H,6-7H2/t2*30?,32-,33+;23-,26+;/m000./s1. The zero-order valence-electron chi connectivity index (χ0n) is 69.7. The van der Waals surface area contributed by atoms with E-state index in [1.807, 2.05) is 192 Å². The number of rotatable bonds is 23. The van der Waals surface area contributed by atoms with Crippen molar-refractivity contribution in [1.82, 2.24) is 45.3 Å². The van der Waals surface area contributed by atoms with Crippen LogP contribution >= 0.6 is 22.6 Å². The number of carbonyl (C=O) groups excluding carboxylic acids is 6. The van der Waals surface area contributed by atoms with Gasteiger partial charge in [-0.15, -0.1) is 0 Å². The Kier molecular flexibility index (Phi) is 25.3. The number of fused-ring (bicyclic) bond motifs is 3. The Morgan fingerprint density at radius 3 is 0.953 bits per heavy atom. The molecule has 0 bridgehead atoms. The molecule has 3 saturated carbocycles. The number of hydrogen-bond acceptors (Lipinski definition) is 9. The van der Waals surface area contributed by atoms with Crippen LogP contribution in [0.4, 0.5) is 30.2 Å². The molecule has 15 aromatic rings. The van der Waals surface area contributed by atoms with E-state index >= 15 is 0 Å². The summed E-state index contributed by atoms with van der Waals surface area (Å²) in [5.41, 5.74) is 13.8. The summed E-state index contributed by atoms with van der Waals surface area (Å²) in [7, 11) is 0. The molecule has 3 aliphatic carbocycles.